The van der Waals surface area contributed by atoms with E-state index in [2.05, 4.69) is 26.4 Å². The van der Waals surface area contributed by atoms with Crippen molar-refractivity contribution >= 4 is 45.7 Å². The lowest BCUT2D eigenvalue weighted by Gasteiger charge is -2.41. The molecular weight excluding hydrogens is 487 g/mol. The van der Waals surface area contributed by atoms with Gasteiger partial charge in [0.25, 0.3) is 0 Å². The minimum atomic E-state index is 0.362. The van der Waals surface area contributed by atoms with Gasteiger partial charge in [-0.15, -0.1) is 0 Å². The first-order valence-corrected chi connectivity index (χ1v) is 13.1. The summed E-state index contributed by atoms with van der Waals surface area (Å²) >= 11 is 13.3. The predicted octanol–water partition coefficient (Wildman–Crippen LogP) is 4.88. The molecule has 0 amide bonds. The second-order valence-corrected chi connectivity index (χ2v) is 10.7. The minimum absolute atomic E-state index is 0.362. The number of methoxy groups -OCH3 is 1. The number of nitrogens with one attached hydrogen (secondary N) is 1. The molecule has 1 N–H and O–H groups in total. The summed E-state index contributed by atoms with van der Waals surface area (Å²) in [6.45, 7) is 4.68. The van der Waals surface area contributed by atoms with E-state index in [9.17, 15) is 0 Å². The molecule has 4 heterocycles. The van der Waals surface area contributed by atoms with Crippen molar-refractivity contribution in [1.82, 2.24) is 24.6 Å². The van der Waals surface area contributed by atoms with Gasteiger partial charge in [0.2, 0.25) is 5.95 Å². The van der Waals surface area contributed by atoms with Gasteiger partial charge in [0, 0.05) is 30.3 Å². The van der Waals surface area contributed by atoms with E-state index in [-0.39, 0.29) is 0 Å². The highest BCUT2D eigenvalue weighted by Gasteiger charge is 2.31. The number of fused-ring (bicyclic) bond motifs is 1. The van der Waals surface area contributed by atoms with Crippen molar-refractivity contribution in [3.8, 4) is 0 Å². The van der Waals surface area contributed by atoms with Gasteiger partial charge in [0.1, 0.15) is 0 Å². The van der Waals surface area contributed by atoms with Crippen LogP contribution < -0.4 is 5.32 Å². The normalized spacial score (nSPS) is 23.9. The molecule has 6 rings (SSSR count). The second kappa shape index (κ2) is 9.82. The van der Waals surface area contributed by atoms with Crippen LogP contribution in [0.4, 0.5) is 11.6 Å². The van der Waals surface area contributed by atoms with E-state index in [0.29, 0.717) is 40.8 Å². The van der Waals surface area contributed by atoms with Crippen LogP contribution in [-0.4, -0.2) is 70.2 Å². The zero-order chi connectivity index (χ0) is 23.9. The van der Waals surface area contributed by atoms with Crippen molar-refractivity contribution < 1.29 is 9.47 Å². The summed E-state index contributed by atoms with van der Waals surface area (Å²) in [6, 6.07) is 4.71. The van der Waals surface area contributed by atoms with Crippen LogP contribution in [0, 0.1) is 5.92 Å². The predicted molar refractivity (Wildman–Crippen MR) is 137 cm³/mol. The summed E-state index contributed by atoms with van der Waals surface area (Å²) in [6.07, 6.45) is 8.18. The molecule has 3 aromatic rings. The van der Waals surface area contributed by atoms with E-state index < -0.39 is 0 Å². The molecule has 10 heteroatoms. The van der Waals surface area contributed by atoms with Crippen LogP contribution >= 0.6 is 23.2 Å². The molecule has 1 saturated carbocycles. The zero-order valence-corrected chi connectivity index (χ0v) is 21.3. The van der Waals surface area contributed by atoms with Crippen molar-refractivity contribution in [1.29, 1.82) is 0 Å². The highest BCUT2D eigenvalue weighted by atomic mass is 35.5. The summed E-state index contributed by atoms with van der Waals surface area (Å²) in [4.78, 5) is 11.8. The van der Waals surface area contributed by atoms with Crippen LogP contribution in [0.15, 0.2) is 24.5 Å². The number of nitrogens with zero attached hydrogens (tertiary/aromatic N) is 5. The van der Waals surface area contributed by atoms with Crippen molar-refractivity contribution in [2.24, 2.45) is 5.92 Å². The lowest BCUT2D eigenvalue weighted by atomic mass is 9.82. The fraction of sp³-hybridized carbons (Fsp3) is 0.560. The van der Waals surface area contributed by atoms with Crippen LogP contribution in [0.2, 0.25) is 10.2 Å². The van der Waals surface area contributed by atoms with Crippen LogP contribution in [0.5, 0.6) is 0 Å². The molecule has 186 valence electrons. The summed E-state index contributed by atoms with van der Waals surface area (Å²) in [5, 5.41) is 9.99. The lowest BCUT2D eigenvalue weighted by molar-refractivity contribution is -0.0712. The topological polar surface area (TPSA) is 77.3 Å². The molecule has 0 radical (unpaired) electrons. The van der Waals surface area contributed by atoms with Crippen LogP contribution in [0.1, 0.15) is 37.2 Å². The number of benzene rings is 1. The van der Waals surface area contributed by atoms with Gasteiger partial charge in [0.15, 0.2) is 5.15 Å². The maximum absolute atomic E-state index is 6.70. The van der Waals surface area contributed by atoms with Crippen molar-refractivity contribution in [2.75, 3.05) is 38.7 Å². The molecule has 3 aliphatic rings. The fourth-order valence-corrected chi connectivity index (χ4v) is 5.95. The molecular formula is C25H30Cl2N6O2. The number of ether oxygens (including phenoxy) is 2. The van der Waals surface area contributed by atoms with Gasteiger partial charge in [-0.2, -0.15) is 5.10 Å². The van der Waals surface area contributed by atoms with E-state index in [1.54, 1.807) is 19.5 Å². The van der Waals surface area contributed by atoms with Gasteiger partial charge in [-0.25, -0.2) is 9.97 Å². The highest BCUT2D eigenvalue weighted by Crippen LogP contribution is 2.37. The molecule has 0 unspecified atom stereocenters. The minimum Gasteiger partial charge on any atom is -0.381 e. The first-order chi connectivity index (χ1) is 17.1. The second-order valence-electron chi connectivity index (χ2n) is 9.98. The maximum Gasteiger partial charge on any atom is 0.227 e. The molecule has 1 aliphatic carbocycles. The Morgan fingerprint density at radius 1 is 1.14 bits per heavy atom. The third-order valence-electron chi connectivity index (χ3n) is 7.78. The average Bonchev–Trinajstić information content (AvgIpc) is 3.14. The zero-order valence-electron chi connectivity index (χ0n) is 19.8. The number of likely N-dealkylation sites (tertiary alicyclic amines) is 1. The monoisotopic (exact) mass is 516 g/mol. The Morgan fingerprint density at radius 3 is 2.66 bits per heavy atom. The van der Waals surface area contributed by atoms with Gasteiger partial charge in [-0.05, 0) is 68.3 Å². The smallest absolute Gasteiger partial charge is 0.227 e. The van der Waals surface area contributed by atoms with E-state index in [4.69, 9.17) is 37.7 Å². The quantitative estimate of drug-likeness (QED) is 0.479. The van der Waals surface area contributed by atoms with E-state index >= 15 is 0 Å². The summed E-state index contributed by atoms with van der Waals surface area (Å²) < 4.78 is 12.6. The number of piperidine rings is 1. The molecule has 2 aliphatic heterocycles. The van der Waals surface area contributed by atoms with Crippen molar-refractivity contribution in [3.05, 3.63) is 40.3 Å². The van der Waals surface area contributed by atoms with Gasteiger partial charge in [0.05, 0.1) is 42.8 Å². The van der Waals surface area contributed by atoms with Crippen LogP contribution in [0.25, 0.3) is 10.9 Å². The van der Waals surface area contributed by atoms with E-state index in [1.807, 2.05) is 10.7 Å². The standard InChI is InChI=1S/C25H30Cl2N6O2/c1-34-19-6-15(7-19)12-33-24(27)23(11-29-33)31-25-28-10-17-8-21(26)20(9-22(17)30-25)16-2-4-32(5-3-16)18-13-35-14-18/h8-11,15-16,18-19H,2-7,12-14H2,1H3,(H,28,30,31). The Balaban J connectivity index is 1.16. The van der Waals surface area contributed by atoms with Crippen molar-refractivity contribution in [3.63, 3.8) is 0 Å². The third-order valence-corrected chi connectivity index (χ3v) is 8.51. The molecule has 0 spiro atoms. The lowest BCUT2D eigenvalue weighted by Crippen LogP contribution is -2.51. The molecule has 2 aromatic heterocycles. The maximum atomic E-state index is 6.70. The Hall–Kier alpha value is -1.97. The average molecular weight is 517 g/mol. The largest absolute Gasteiger partial charge is 0.381 e. The van der Waals surface area contributed by atoms with Gasteiger partial charge in [-0.3, -0.25) is 9.58 Å². The Labute approximate surface area is 214 Å². The molecule has 0 atom stereocenters. The molecule has 2 saturated heterocycles. The van der Waals surface area contributed by atoms with E-state index in [0.717, 1.165) is 74.5 Å². The number of hydrogen-bond acceptors (Lipinski definition) is 7. The molecule has 3 fully saturated rings. The van der Waals surface area contributed by atoms with Gasteiger partial charge in [-0.1, -0.05) is 23.2 Å². The summed E-state index contributed by atoms with van der Waals surface area (Å²) in [5.41, 5.74) is 2.75. The molecule has 1 aromatic carbocycles. The van der Waals surface area contributed by atoms with E-state index in [1.165, 1.54) is 5.56 Å². The number of halogens is 2. The van der Waals surface area contributed by atoms with Crippen LogP contribution in [0.3, 0.4) is 0 Å². The van der Waals surface area contributed by atoms with Crippen LogP contribution in [-0.2, 0) is 16.0 Å². The third kappa shape index (κ3) is 4.74. The number of hydrogen-bond donors (Lipinski definition) is 1. The summed E-state index contributed by atoms with van der Waals surface area (Å²) in [5.74, 6) is 1.47. The molecule has 35 heavy (non-hydrogen) atoms. The van der Waals surface area contributed by atoms with Gasteiger partial charge < -0.3 is 14.8 Å². The SMILES string of the molecule is COC1CC(Cn2ncc(Nc3ncc4cc(Cl)c(C5CCN(C6COC6)CC5)cc4n3)c2Cl)C1. The van der Waals surface area contributed by atoms with Gasteiger partial charge >= 0.3 is 0 Å². The molecule has 8 nitrogen and oxygen atoms in total. The first kappa shape index (κ1) is 23.4. The Kier molecular flexibility index (Phi) is 6.58. The summed E-state index contributed by atoms with van der Waals surface area (Å²) in [7, 11) is 1.76. The Bertz CT molecular complexity index is 1200. The molecule has 0 bridgehead atoms. The highest BCUT2D eigenvalue weighted by molar-refractivity contribution is 6.32. The number of anilines is 2. The van der Waals surface area contributed by atoms with Crippen molar-refractivity contribution in [2.45, 2.75) is 50.3 Å². The Morgan fingerprint density at radius 2 is 1.94 bits per heavy atom. The fourth-order valence-electron chi connectivity index (χ4n) is 5.41. The number of rotatable bonds is 7. The first-order valence-electron chi connectivity index (χ1n) is 12.4. The number of aromatic nitrogens is 4.